The molecule has 68 valence electrons. The minimum absolute atomic E-state index is 0.840. The van der Waals surface area contributed by atoms with Crippen molar-refractivity contribution in [3.63, 3.8) is 0 Å². The van der Waals surface area contributed by atoms with E-state index in [1.165, 1.54) is 5.56 Å². The number of nitrogens with one attached hydrogen (secondary N) is 2. The van der Waals surface area contributed by atoms with E-state index < -0.39 is 0 Å². The highest BCUT2D eigenvalue weighted by molar-refractivity contribution is 5.81. The maximum atomic E-state index is 4.25. The number of hydrogen-bond donors (Lipinski definition) is 2. The van der Waals surface area contributed by atoms with Crippen molar-refractivity contribution in [2.24, 2.45) is 4.99 Å². The normalized spacial score (nSPS) is 14.9. The third kappa shape index (κ3) is 2.21. The van der Waals surface area contributed by atoms with Crippen molar-refractivity contribution in [3.8, 4) is 0 Å². The van der Waals surface area contributed by atoms with Gasteiger partial charge in [0.25, 0.3) is 0 Å². The largest absolute Gasteiger partial charge is 0.355 e. The molecular weight excluding hydrogens is 162 g/mol. The molecule has 0 saturated heterocycles. The monoisotopic (exact) mass is 175 g/mol. The van der Waals surface area contributed by atoms with Crippen molar-refractivity contribution in [1.82, 2.24) is 10.6 Å². The van der Waals surface area contributed by atoms with Gasteiger partial charge in [-0.3, -0.25) is 4.99 Å². The summed E-state index contributed by atoms with van der Waals surface area (Å²) >= 11 is 0. The van der Waals surface area contributed by atoms with Crippen molar-refractivity contribution in [2.45, 2.75) is 6.54 Å². The highest BCUT2D eigenvalue weighted by Gasteiger charge is 2.02. The molecule has 0 radical (unpaired) electrons. The zero-order chi connectivity index (χ0) is 8.93. The van der Waals surface area contributed by atoms with Crippen LogP contribution in [0.25, 0.3) is 0 Å². The van der Waals surface area contributed by atoms with Crippen LogP contribution >= 0.6 is 0 Å². The molecule has 1 aliphatic rings. The van der Waals surface area contributed by atoms with E-state index in [0.717, 1.165) is 25.6 Å². The fourth-order valence-electron chi connectivity index (χ4n) is 1.30. The average molecular weight is 175 g/mol. The highest BCUT2D eigenvalue weighted by atomic mass is 15.2. The van der Waals surface area contributed by atoms with Crippen LogP contribution in [0.4, 0.5) is 0 Å². The quantitative estimate of drug-likeness (QED) is 0.695. The first-order valence-corrected chi connectivity index (χ1v) is 4.51. The first-order chi connectivity index (χ1) is 6.45. The molecule has 0 aromatic heterocycles. The van der Waals surface area contributed by atoms with E-state index in [0.29, 0.717) is 0 Å². The van der Waals surface area contributed by atoms with Gasteiger partial charge >= 0.3 is 0 Å². The number of rotatable bonds is 2. The van der Waals surface area contributed by atoms with Crippen LogP contribution < -0.4 is 10.6 Å². The molecule has 13 heavy (non-hydrogen) atoms. The van der Waals surface area contributed by atoms with Gasteiger partial charge in [-0.1, -0.05) is 30.3 Å². The molecule has 0 amide bonds. The molecular formula is C10H13N3. The summed E-state index contributed by atoms with van der Waals surface area (Å²) in [4.78, 5) is 4.25. The number of aliphatic imine (C=N–C) groups is 1. The molecule has 0 aliphatic carbocycles. The minimum atomic E-state index is 0.840. The van der Waals surface area contributed by atoms with E-state index in [9.17, 15) is 0 Å². The van der Waals surface area contributed by atoms with E-state index in [4.69, 9.17) is 0 Å². The molecule has 1 aliphatic heterocycles. The zero-order valence-electron chi connectivity index (χ0n) is 7.46. The van der Waals surface area contributed by atoms with Crippen LogP contribution in [0.15, 0.2) is 35.3 Å². The summed E-state index contributed by atoms with van der Waals surface area (Å²) < 4.78 is 0. The lowest BCUT2D eigenvalue weighted by Crippen LogP contribution is -2.33. The smallest absolute Gasteiger partial charge is 0.191 e. The second kappa shape index (κ2) is 3.94. The van der Waals surface area contributed by atoms with Gasteiger partial charge in [-0.05, 0) is 5.56 Å². The van der Waals surface area contributed by atoms with Crippen LogP contribution in [-0.4, -0.2) is 19.0 Å². The summed E-state index contributed by atoms with van der Waals surface area (Å²) in [5.41, 5.74) is 1.28. The lowest BCUT2D eigenvalue weighted by molar-refractivity contribution is 0.867. The summed E-state index contributed by atoms with van der Waals surface area (Å²) in [6.07, 6.45) is 0. The Bertz CT molecular complexity index is 292. The van der Waals surface area contributed by atoms with Gasteiger partial charge in [0, 0.05) is 13.1 Å². The Balaban J connectivity index is 1.86. The summed E-state index contributed by atoms with van der Waals surface area (Å²) in [6, 6.07) is 10.3. The first kappa shape index (κ1) is 8.10. The van der Waals surface area contributed by atoms with Crippen molar-refractivity contribution < 1.29 is 0 Å². The van der Waals surface area contributed by atoms with Crippen LogP contribution in [0.3, 0.4) is 0 Å². The van der Waals surface area contributed by atoms with E-state index in [2.05, 4.69) is 27.8 Å². The van der Waals surface area contributed by atoms with E-state index in [1.807, 2.05) is 18.2 Å². The second-order valence-corrected chi connectivity index (χ2v) is 3.00. The van der Waals surface area contributed by atoms with Gasteiger partial charge in [0.05, 0.1) is 6.54 Å². The number of benzene rings is 1. The summed E-state index contributed by atoms with van der Waals surface area (Å²) in [6.45, 7) is 2.68. The van der Waals surface area contributed by atoms with Crippen molar-refractivity contribution >= 4 is 5.96 Å². The Morgan fingerprint density at radius 1 is 1.31 bits per heavy atom. The standard InChI is InChI=1S/C10H13N3/c1-2-4-9(5-3-1)8-13-10-11-6-7-12-10/h1-5H,6-8H2,(H2,11,12,13). The molecule has 3 heteroatoms. The summed E-state index contributed by atoms with van der Waals surface area (Å²) in [5.74, 6) is 0.920. The van der Waals surface area contributed by atoms with E-state index >= 15 is 0 Å². The van der Waals surface area contributed by atoms with Gasteiger partial charge in [0.2, 0.25) is 0 Å². The predicted octanol–water partition coefficient (Wildman–Crippen LogP) is 0.735. The Kier molecular flexibility index (Phi) is 2.45. The minimum Gasteiger partial charge on any atom is -0.355 e. The molecule has 1 heterocycles. The number of hydrogen-bond acceptors (Lipinski definition) is 3. The predicted molar refractivity (Wildman–Crippen MR) is 53.6 cm³/mol. The third-order valence-electron chi connectivity index (χ3n) is 1.98. The first-order valence-electron chi connectivity index (χ1n) is 4.51. The second-order valence-electron chi connectivity index (χ2n) is 3.00. The van der Waals surface area contributed by atoms with Crippen LogP contribution in [0, 0.1) is 0 Å². The van der Waals surface area contributed by atoms with Gasteiger partial charge < -0.3 is 10.6 Å². The maximum absolute atomic E-state index is 4.25. The van der Waals surface area contributed by atoms with Crippen LogP contribution in [-0.2, 0) is 6.54 Å². The zero-order valence-corrected chi connectivity index (χ0v) is 7.46. The fourth-order valence-corrected chi connectivity index (χ4v) is 1.30. The van der Waals surface area contributed by atoms with Crippen LogP contribution in [0.5, 0.6) is 0 Å². The molecule has 0 fully saturated rings. The summed E-state index contributed by atoms with van der Waals surface area (Å²) in [7, 11) is 0. The van der Waals surface area contributed by atoms with Gasteiger partial charge in [-0.25, -0.2) is 0 Å². The number of nitrogens with zero attached hydrogens (tertiary/aromatic N) is 1. The van der Waals surface area contributed by atoms with Gasteiger partial charge in [-0.15, -0.1) is 0 Å². The van der Waals surface area contributed by atoms with Crippen molar-refractivity contribution in [2.75, 3.05) is 13.1 Å². The average Bonchev–Trinajstić information content (AvgIpc) is 2.69. The Labute approximate surface area is 77.9 Å². The third-order valence-corrected chi connectivity index (χ3v) is 1.98. The van der Waals surface area contributed by atoms with E-state index in [-0.39, 0.29) is 0 Å². The maximum Gasteiger partial charge on any atom is 0.191 e. The molecule has 0 unspecified atom stereocenters. The van der Waals surface area contributed by atoms with Gasteiger partial charge in [-0.2, -0.15) is 0 Å². The van der Waals surface area contributed by atoms with Crippen LogP contribution in [0.1, 0.15) is 5.56 Å². The Hall–Kier alpha value is -1.51. The fraction of sp³-hybridized carbons (Fsp3) is 0.300. The van der Waals surface area contributed by atoms with Gasteiger partial charge in [0.1, 0.15) is 0 Å². The molecule has 0 bridgehead atoms. The molecule has 2 N–H and O–H groups in total. The molecule has 2 rings (SSSR count). The molecule has 1 aromatic carbocycles. The Morgan fingerprint density at radius 3 is 2.85 bits per heavy atom. The molecule has 3 nitrogen and oxygen atoms in total. The topological polar surface area (TPSA) is 36.4 Å². The Morgan fingerprint density at radius 2 is 2.15 bits per heavy atom. The van der Waals surface area contributed by atoms with Crippen LogP contribution in [0.2, 0.25) is 0 Å². The van der Waals surface area contributed by atoms with E-state index in [1.54, 1.807) is 0 Å². The highest BCUT2D eigenvalue weighted by Crippen LogP contribution is 1.97. The molecule has 0 atom stereocenters. The number of guanidine groups is 1. The molecule has 0 spiro atoms. The summed E-state index contributed by atoms with van der Waals surface area (Å²) in [5, 5.41) is 6.40. The molecule has 0 saturated carbocycles. The van der Waals surface area contributed by atoms with Gasteiger partial charge in [0.15, 0.2) is 5.96 Å². The molecule has 1 aromatic rings. The van der Waals surface area contributed by atoms with Crippen molar-refractivity contribution in [3.05, 3.63) is 35.9 Å². The lowest BCUT2D eigenvalue weighted by Gasteiger charge is -2.05. The lowest BCUT2D eigenvalue weighted by atomic mass is 10.2. The SMILES string of the molecule is c1ccc(CNC2=NCCN2)cc1. The van der Waals surface area contributed by atoms with Crippen molar-refractivity contribution in [1.29, 1.82) is 0 Å².